The lowest BCUT2D eigenvalue weighted by Crippen LogP contribution is -2.36. The number of likely N-dealkylation sites (tertiary alicyclic amines) is 1. The third kappa shape index (κ3) is 2.47. The van der Waals surface area contributed by atoms with Crippen LogP contribution in [0.25, 0.3) is 0 Å². The molecule has 0 spiro atoms. The van der Waals surface area contributed by atoms with Gasteiger partial charge >= 0.3 is 0 Å². The van der Waals surface area contributed by atoms with Crippen LogP contribution in [0.4, 0.5) is 5.95 Å². The van der Waals surface area contributed by atoms with Gasteiger partial charge in [-0.1, -0.05) is 0 Å². The Balaban J connectivity index is 2.31. The molecule has 2 N–H and O–H groups in total. The first-order chi connectivity index (χ1) is 8.50. The molecule has 0 aromatic carbocycles. The summed E-state index contributed by atoms with van der Waals surface area (Å²) in [6.07, 6.45) is 2.85. The molecule has 1 aliphatic rings. The predicted molar refractivity (Wildman–Crippen MR) is 73.5 cm³/mol. The van der Waals surface area contributed by atoms with Crippen LogP contribution in [0.3, 0.4) is 0 Å². The molecule has 1 aromatic heterocycles. The van der Waals surface area contributed by atoms with Crippen molar-refractivity contribution in [2.45, 2.75) is 38.4 Å². The van der Waals surface area contributed by atoms with E-state index in [0.29, 0.717) is 6.04 Å². The Hall–Kier alpha value is -1.20. The molecule has 5 heteroatoms. The highest BCUT2D eigenvalue weighted by molar-refractivity contribution is 5.29. The maximum absolute atomic E-state index is 6.25. The number of hydrogen-bond acceptors (Lipinski definition) is 5. The van der Waals surface area contributed by atoms with E-state index >= 15 is 0 Å². The van der Waals surface area contributed by atoms with E-state index in [2.05, 4.69) is 28.7 Å². The summed E-state index contributed by atoms with van der Waals surface area (Å²) in [5, 5.41) is 0. The largest absolute Gasteiger partial charge is 0.347 e. The second-order valence-electron chi connectivity index (χ2n) is 5.40. The van der Waals surface area contributed by atoms with Crippen LogP contribution in [0.15, 0.2) is 12.3 Å². The van der Waals surface area contributed by atoms with Crippen LogP contribution in [0, 0.1) is 0 Å². The number of hydrogen-bond donors (Lipinski definition) is 1. The van der Waals surface area contributed by atoms with Gasteiger partial charge in [-0.25, -0.2) is 9.97 Å². The van der Waals surface area contributed by atoms with E-state index in [1.807, 2.05) is 31.3 Å². The van der Waals surface area contributed by atoms with Gasteiger partial charge in [-0.2, -0.15) is 0 Å². The monoisotopic (exact) mass is 249 g/mol. The molecule has 1 fully saturated rings. The summed E-state index contributed by atoms with van der Waals surface area (Å²) in [4.78, 5) is 13.2. The van der Waals surface area contributed by atoms with Gasteiger partial charge < -0.3 is 10.6 Å². The van der Waals surface area contributed by atoms with Gasteiger partial charge in [0.25, 0.3) is 0 Å². The van der Waals surface area contributed by atoms with E-state index in [1.54, 1.807) is 0 Å². The molecule has 18 heavy (non-hydrogen) atoms. The van der Waals surface area contributed by atoms with Crippen LogP contribution in [0.2, 0.25) is 0 Å². The first-order valence-electron chi connectivity index (χ1n) is 6.52. The van der Waals surface area contributed by atoms with Crippen LogP contribution in [-0.4, -0.2) is 47.6 Å². The van der Waals surface area contributed by atoms with Gasteiger partial charge in [0.2, 0.25) is 5.95 Å². The van der Waals surface area contributed by atoms with Gasteiger partial charge in [0.05, 0.1) is 11.7 Å². The van der Waals surface area contributed by atoms with Gasteiger partial charge in [0.15, 0.2) is 0 Å². The second kappa shape index (κ2) is 5.20. The normalized spacial score (nSPS) is 24.8. The molecular formula is C13H23N5. The Kier molecular flexibility index (Phi) is 3.82. The summed E-state index contributed by atoms with van der Waals surface area (Å²) in [6, 6.07) is 2.85. The van der Waals surface area contributed by atoms with Gasteiger partial charge in [-0.3, -0.25) is 4.90 Å². The lowest BCUT2D eigenvalue weighted by atomic mass is 10.1. The SMILES string of the molecule is CC(C)N1CC[C@H](N)[C@H]1c1ccnc(N(C)C)n1. The van der Waals surface area contributed by atoms with Crippen LogP contribution >= 0.6 is 0 Å². The van der Waals surface area contributed by atoms with Crippen molar-refractivity contribution >= 4 is 5.95 Å². The van der Waals surface area contributed by atoms with E-state index < -0.39 is 0 Å². The molecule has 1 aromatic rings. The molecule has 2 atom stereocenters. The fraction of sp³-hybridized carbons (Fsp3) is 0.692. The third-order valence-corrected chi connectivity index (χ3v) is 3.51. The van der Waals surface area contributed by atoms with Crippen LogP contribution in [-0.2, 0) is 0 Å². The fourth-order valence-corrected chi connectivity index (χ4v) is 2.55. The van der Waals surface area contributed by atoms with Crippen molar-refractivity contribution in [2.24, 2.45) is 5.73 Å². The van der Waals surface area contributed by atoms with Crippen LogP contribution in [0.5, 0.6) is 0 Å². The number of anilines is 1. The van der Waals surface area contributed by atoms with Crippen LogP contribution < -0.4 is 10.6 Å². The van der Waals surface area contributed by atoms with E-state index in [9.17, 15) is 0 Å². The molecule has 100 valence electrons. The maximum atomic E-state index is 6.25. The molecule has 0 aliphatic carbocycles. The lowest BCUT2D eigenvalue weighted by Gasteiger charge is -2.29. The maximum Gasteiger partial charge on any atom is 0.225 e. The summed E-state index contributed by atoms with van der Waals surface area (Å²) in [5.74, 6) is 0.746. The van der Waals surface area contributed by atoms with Gasteiger partial charge in [0.1, 0.15) is 0 Å². The average molecular weight is 249 g/mol. The highest BCUT2D eigenvalue weighted by Gasteiger charge is 2.35. The molecular weight excluding hydrogens is 226 g/mol. The Bertz CT molecular complexity index is 404. The number of rotatable bonds is 3. The molecule has 2 rings (SSSR count). The van der Waals surface area contributed by atoms with Gasteiger partial charge in [-0.15, -0.1) is 0 Å². The minimum Gasteiger partial charge on any atom is -0.347 e. The predicted octanol–water partition coefficient (Wildman–Crippen LogP) is 1.03. The van der Waals surface area contributed by atoms with Crippen LogP contribution in [0.1, 0.15) is 32.0 Å². The summed E-state index contributed by atoms with van der Waals surface area (Å²) >= 11 is 0. The van der Waals surface area contributed by atoms with Crippen molar-refractivity contribution in [2.75, 3.05) is 25.5 Å². The quantitative estimate of drug-likeness (QED) is 0.867. The fourth-order valence-electron chi connectivity index (χ4n) is 2.55. The van der Waals surface area contributed by atoms with Crippen molar-refractivity contribution in [3.05, 3.63) is 18.0 Å². The van der Waals surface area contributed by atoms with E-state index in [-0.39, 0.29) is 12.1 Å². The molecule has 0 unspecified atom stereocenters. The van der Waals surface area contributed by atoms with Crippen molar-refractivity contribution < 1.29 is 0 Å². The van der Waals surface area contributed by atoms with E-state index in [1.165, 1.54) is 0 Å². The summed E-state index contributed by atoms with van der Waals surface area (Å²) in [5.41, 5.74) is 7.28. The Labute approximate surface area is 109 Å². The molecule has 1 saturated heterocycles. The topological polar surface area (TPSA) is 58.3 Å². The summed E-state index contributed by atoms with van der Waals surface area (Å²) in [7, 11) is 3.90. The lowest BCUT2D eigenvalue weighted by molar-refractivity contribution is 0.194. The molecule has 2 heterocycles. The second-order valence-corrected chi connectivity index (χ2v) is 5.40. The summed E-state index contributed by atoms with van der Waals surface area (Å²) in [6.45, 7) is 5.46. The average Bonchev–Trinajstić information content (AvgIpc) is 2.71. The molecule has 5 nitrogen and oxygen atoms in total. The zero-order valence-corrected chi connectivity index (χ0v) is 11.7. The first-order valence-corrected chi connectivity index (χ1v) is 6.52. The Morgan fingerprint density at radius 3 is 2.78 bits per heavy atom. The first kappa shape index (κ1) is 13.2. The van der Waals surface area contributed by atoms with Gasteiger partial charge in [-0.05, 0) is 26.3 Å². The van der Waals surface area contributed by atoms with Crippen molar-refractivity contribution in [1.82, 2.24) is 14.9 Å². The minimum absolute atomic E-state index is 0.164. The van der Waals surface area contributed by atoms with Crippen molar-refractivity contribution in [3.8, 4) is 0 Å². The number of aromatic nitrogens is 2. The molecule has 0 saturated carbocycles. The number of nitrogens with zero attached hydrogens (tertiary/aromatic N) is 4. The Morgan fingerprint density at radius 1 is 1.44 bits per heavy atom. The highest BCUT2D eigenvalue weighted by atomic mass is 15.3. The van der Waals surface area contributed by atoms with Gasteiger partial charge in [0, 0.05) is 38.9 Å². The minimum atomic E-state index is 0.164. The molecule has 0 bridgehead atoms. The number of nitrogens with two attached hydrogens (primary N) is 1. The van der Waals surface area contributed by atoms with Crippen molar-refractivity contribution in [1.29, 1.82) is 0 Å². The molecule has 1 aliphatic heterocycles. The summed E-state index contributed by atoms with van der Waals surface area (Å²) < 4.78 is 0. The molecule has 0 amide bonds. The molecule has 0 radical (unpaired) electrons. The Morgan fingerprint density at radius 2 is 2.17 bits per heavy atom. The third-order valence-electron chi connectivity index (χ3n) is 3.51. The van der Waals surface area contributed by atoms with E-state index in [0.717, 1.165) is 24.6 Å². The highest BCUT2D eigenvalue weighted by Crippen LogP contribution is 2.31. The van der Waals surface area contributed by atoms with E-state index in [4.69, 9.17) is 5.73 Å². The zero-order chi connectivity index (χ0) is 13.3. The zero-order valence-electron chi connectivity index (χ0n) is 11.7. The standard InChI is InChI=1S/C13H23N5/c1-9(2)18-8-6-10(14)12(18)11-5-7-15-13(16-11)17(3)4/h5,7,9-10,12H,6,8,14H2,1-4H3/t10-,12-/m0/s1. The smallest absolute Gasteiger partial charge is 0.225 e. The van der Waals surface area contributed by atoms with Crippen molar-refractivity contribution in [3.63, 3.8) is 0 Å².